The molecular weight excluding hydrogens is 270 g/mol. The summed E-state index contributed by atoms with van der Waals surface area (Å²) in [6, 6.07) is 12.7. The van der Waals surface area contributed by atoms with Crippen LogP contribution in [0.25, 0.3) is 0 Å². The van der Waals surface area contributed by atoms with Crippen LogP contribution in [0.2, 0.25) is 0 Å². The first kappa shape index (κ1) is 14.0. The van der Waals surface area contributed by atoms with E-state index < -0.39 is 11.6 Å². The second-order valence-corrected chi connectivity index (χ2v) is 5.36. The van der Waals surface area contributed by atoms with Crippen LogP contribution in [0.5, 0.6) is 0 Å². The zero-order valence-corrected chi connectivity index (χ0v) is 11.9. The fourth-order valence-electron chi connectivity index (χ4n) is 2.95. The Kier molecular flexibility index (Phi) is 3.88. The molecule has 0 saturated heterocycles. The number of anilines is 1. The van der Waals surface area contributed by atoms with Crippen molar-refractivity contribution < 1.29 is 8.78 Å². The molecule has 0 amide bonds. The molecule has 4 heteroatoms. The van der Waals surface area contributed by atoms with Crippen molar-refractivity contribution in [3.8, 4) is 0 Å². The predicted molar refractivity (Wildman–Crippen MR) is 80.3 cm³/mol. The maximum Gasteiger partial charge on any atom is 0.159 e. The first-order chi connectivity index (χ1) is 10.2. The van der Waals surface area contributed by atoms with Gasteiger partial charge in [0.15, 0.2) is 11.6 Å². The Balaban J connectivity index is 1.88. The van der Waals surface area contributed by atoms with Gasteiger partial charge in [0.2, 0.25) is 0 Å². The van der Waals surface area contributed by atoms with Gasteiger partial charge >= 0.3 is 0 Å². The molecule has 0 radical (unpaired) electrons. The van der Waals surface area contributed by atoms with Gasteiger partial charge in [0.1, 0.15) is 0 Å². The van der Waals surface area contributed by atoms with Gasteiger partial charge in [-0.25, -0.2) is 8.78 Å². The van der Waals surface area contributed by atoms with Gasteiger partial charge in [-0.1, -0.05) is 24.3 Å². The van der Waals surface area contributed by atoms with Crippen LogP contribution in [0.3, 0.4) is 0 Å². The minimum atomic E-state index is -0.798. The Bertz CT molecular complexity index is 642. The average Bonchev–Trinajstić information content (AvgIpc) is 2.51. The van der Waals surface area contributed by atoms with E-state index in [1.54, 1.807) is 6.07 Å². The zero-order valence-electron chi connectivity index (χ0n) is 11.9. The lowest BCUT2D eigenvalue weighted by atomic mass is 9.96. The van der Waals surface area contributed by atoms with E-state index in [-0.39, 0.29) is 0 Å². The standard InChI is InChI=1S/C17H18F2N2/c1-20-16-8-9-21(17-5-3-2-4-13(16)17)11-12-6-7-14(18)15(19)10-12/h2-7,10,16,20H,8-9,11H2,1H3. The molecule has 3 rings (SSSR count). The highest BCUT2D eigenvalue weighted by Gasteiger charge is 2.23. The molecule has 1 aliphatic heterocycles. The normalized spacial score (nSPS) is 17.7. The summed E-state index contributed by atoms with van der Waals surface area (Å²) >= 11 is 0. The van der Waals surface area contributed by atoms with Gasteiger partial charge in [0.05, 0.1) is 0 Å². The van der Waals surface area contributed by atoms with Crippen LogP contribution in [0.15, 0.2) is 42.5 Å². The van der Waals surface area contributed by atoms with E-state index >= 15 is 0 Å². The Morgan fingerprint density at radius 3 is 2.71 bits per heavy atom. The Labute approximate surface area is 123 Å². The number of benzene rings is 2. The van der Waals surface area contributed by atoms with E-state index in [9.17, 15) is 8.78 Å². The van der Waals surface area contributed by atoms with Gasteiger partial charge in [-0.15, -0.1) is 0 Å². The molecule has 21 heavy (non-hydrogen) atoms. The Morgan fingerprint density at radius 2 is 1.95 bits per heavy atom. The number of nitrogens with one attached hydrogen (secondary N) is 1. The van der Waals surface area contributed by atoms with Crippen molar-refractivity contribution >= 4 is 5.69 Å². The minimum absolute atomic E-state index is 0.349. The number of para-hydroxylation sites is 1. The summed E-state index contributed by atoms with van der Waals surface area (Å²) in [6.45, 7) is 1.48. The van der Waals surface area contributed by atoms with Gasteiger partial charge in [-0.3, -0.25) is 0 Å². The summed E-state index contributed by atoms with van der Waals surface area (Å²) in [5.74, 6) is -1.58. The van der Waals surface area contributed by atoms with E-state index in [4.69, 9.17) is 0 Å². The van der Waals surface area contributed by atoms with Crippen molar-refractivity contribution in [2.75, 3.05) is 18.5 Å². The topological polar surface area (TPSA) is 15.3 Å². The molecular formula is C17H18F2N2. The number of rotatable bonds is 3. The van der Waals surface area contributed by atoms with Crippen LogP contribution < -0.4 is 10.2 Å². The quantitative estimate of drug-likeness (QED) is 0.927. The first-order valence-electron chi connectivity index (χ1n) is 7.14. The number of nitrogens with zero attached hydrogens (tertiary/aromatic N) is 1. The minimum Gasteiger partial charge on any atom is -0.367 e. The highest BCUT2D eigenvalue weighted by Crippen LogP contribution is 2.34. The highest BCUT2D eigenvalue weighted by atomic mass is 19.2. The molecule has 0 spiro atoms. The third-order valence-electron chi connectivity index (χ3n) is 4.05. The van der Waals surface area contributed by atoms with E-state index in [1.807, 2.05) is 19.2 Å². The van der Waals surface area contributed by atoms with Crippen LogP contribution in [-0.2, 0) is 6.54 Å². The number of hydrogen-bond acceptors (Lipinski definition) is 2. The van der Waals surface area contributed by atoms with Crippen LogP contribution in [0, 0.1) is 11.6 Å². The smallest absolute Gasteiger partial charge is 0.159 e. The fourth-order valence-corrected chi connectivity index (χ4v) is 2.95. The lowest BCUT2D eigenvalue weighted by Gasteiger charge is -2.35. The molecule has 1 heterocycles. The third kappa shape index (κ3) is 2.76. The average molecular weight is 288 g/mol. The molecule has 0 saturated carbocycles. The summed E-state index contributed by atoms with van der Waals surface area (Å²) < 4.78 is 26.4. The van der Waals surface area contributed by atoms with Crippen molar-refractivity contribution in [2.24, 2.45) is 0 Å². The highest BCUT2D eigenvalue weighted by molar-refractivity contribution is 5.57. The molecule has 110 valence electrons. The predicted octanol–water partition coefficient (Wildman–Crippen LogP) is 3.64. The van der Waals surface area contributed by atoms with Gasteiger partial charge in [0.25, 0.3) is 0 Å². The van der Waals surface area contributed by atoms with E-state index in [0.29, 0.717) is 12.6 Å². The van der Waals surface area contributed by atoms with Gasteiger partial charge < -0.3 is 10.2 Å². The van der Waals surface area contributed by atoms with Crippen LogP contribution in [-0.4, -0.2) is 13.6 Å². The van der Waals surface area contributed by atoms with Gasteiger partial charge in [-0.05, 0) is 42.8 Å². The first-order valence-corrected chi connectivity index (χ1v) is 7.14. The molecule has 1 unspecified atom stereocenters. The maximum absolute atomic E-state index is 13.3. The van der Waals surface area contributed by atoms with Crippen molar-refractivity contribution in [3.05, 3.63) is 65.2 Å². The Hall–Kier alpha value is -1.94. The zero-order chi connectivity index (χ0) is 14.8. The Morgan fingerprint density at radius 1 is 1.14 bits per heavy atom. The SMILES string of the molecule is CNC1CCN(Cc2ccc(F)c(F)c2)c2ccccc21. The molecule has 0 bridgehead atoms. The third-order valence-corrected chi connectivity index (χ3v) is 4.05. The van der Waals surface area contributed by atoms with Gasteiger partial charge in [-0.2, -0.15) is 0 Å². The van der Waals surface area contributed by atoms with Crippen LogP contribution >= 0.6 is 0 Å². The molecule has 2 aromatic carbocycles. The van der Waals surface area contributed by atoms with Crippen molar-refractivity contribution in [1.29, 1.82) is 0 Å². The summed E-state index contributed by atoms with van der Waals surface area (Å²) in [5, 5.41) is 3.32. The molecule has 2 nitrogen and oxygen atoms in total. The lowest BCUT2D eigenvalue weighted by molar-refractivity contribution is 0.503. The molecule has 2 aromatic rings. The van der Waals surface area contributed by atoms with E-state index in [2.05, 4.69) is 22.3 Å². The molecule has 0 aromatic heterocycles. The van der Waals surface area contributed by atoms with Crippen LogP contribution in [0.1, 0.15) is 23.6 Å². The van der Waals surface area contributed by atoms with E-state index in [1.165, 1.54) is 17.7 Å². The van der Waals surface area contributed by atoms with E-state index in [0.717, 1.165) is 24.2 Å². The molecule has 0 aliphatic carbocycles. The number of halogens is 2. The maximum atomic E-state index is 13.3. The fraction of sp³-hybridized carbons (Fsp3) is 0.294. The molecule has 1 N–H and O–H groups in total. The van der Waals surface area contributed by atoms with Crippen molar-refractivity contribution in [1.82, 2.24) is 5.32 Å². The summed E-state index contributed by atoms with van der Waals surface area (Å²) in [6.07, 6.45) is 0.997. The second kappa shape index (κ2) is 5.82. The largest absolute Gasteiger partial charge is 0.367 e. The molecule has 0 fully saturated rings. The summed E-state index contributed by atoms with van der Waals surface area (Å²) in [5.41, 5.74) is 3.20. The summed E-state index contributed by atoms with van der Waals surface area (Å²) in [7, 11) is 1.96. The number of hydrogen-bond donors (Lipinski definition) is 1. The monoisotopic (exact) mass is 288 g/mol. The lowest BCUT2D eigenvalue weighted by Crippen LogP contribution is -2.34. The van der Waals surface area contributed by atoms with Gasteiger partial charge in [0, 0.05) is 24.8 Å². The van der Waals surface area contributed by atoms with Crippen LogP contribution in [0.4, 0.5) is 14.5 Å². The van der Waals surface area contributed by atoms with Crippen molar-refractivity contribution in [3.63, 3.8) is 0 Å². The second-order valence-electron chi connectivity index (χ2n) is 5.36. The molecule has 1 atom stereocenters. The molecule has 1 aliphatic rings. The van der Waals surface area contributed by atoms with Crippen molar-refractivity contribution in [2.45, 2.75) is 19.0 Å². The summed E-state index contributed by atoms with van der Waals surface area (Å²) in [4.78, 5) is 2.22. The number of fused-ring (bicyclic) bond motifs is 1.